The van der Waals surface area contributed by atoms with Crippen molar-refractivity contribution in [2.24, 2.45) is 0 Å². The second kappa shape index (κ2) is 6.63. The van der Waals surface area contributed by atoms with Gasteiger partial charge in [0.1, 0.15) is 12.1 Å². The number of piperazine rings is 1. The van der Waals surface area contributed by atoms with Gasteiger partial charge in [0.2, 0.25) is 0 Å². The van der Waals surface area contributed by atoms with Crippen molar-refractivity contribution in [2.45, 2.75) is 0 Å². The first-order valence-electron chi connectivity index (χ1n) is 6.45. The third-order valence-electron chi connectivity index (χ3n) is 3.43. The van der Waals surface area contributed by atoms with Crippen LogP contribution in [0.2, 0.25) is 0 Å². The molecule has 0 atom stereocenters. The summed E-state index contributed by atoms with van der Waals surface area (Å²) >= 11 is 0. The highest BCUT2D eigenvalue weighted by atomic mass is 19.1. The van der Waals surface area contributed by atoms with E-state index in [1.54, 1.807) is 19.2 Å². The van der Waals surface area contributed by atoms with Crippen LogP contribution in [0.25, 0.3) is 0 Å². The molecule has 104 valence electrons. The summed E-state index contributed by atoms with van der Waals surface area (Å²) in [5.74, 6) is -0.324. The van der Waals surface area contributed by atoms with Crippen molar-refractivity contribution in [1.29, 1.82) is 0 Å². The number of nitrogens with zero attached hydrogens (tertiary/aromatic N) is 2. The lowest BCUT2D eigenvalue weighted by atomic mass is 10.2. The van der Waals surface area contributed by atoms with E-state index >= 15 is 0 Å². The smallest absolute Gasteiger partial charge is 0.150 e. The van der Waals surface area contributed by atoms with Crippen molar-refractivity contribution in [3.05, 3.63) is 29.6 Å². The summed E-state index contributed by atoms with van der Waals surface area (Å²) in [6.07, 6.45) is 0.662. The van der Waals surface area contributed by atoms with E-state index in [0.717, 1.165) is 39.3 Å². The van der Waals surface area contributed by atoms with Crippen molar-refractivity contribution in [2.75, 3.05) is 51.3 Å². The van der Waals surface area contributed by atoms with Gasteiger partial charge in [-0.1, -0.05) is 0 Å². The molecule has 0 aliphatic carbocycles. The van der Waals surface area contributed by atoms with Gasteiger partial charge in [0.25, 0.3) is 0 Å². The molecule has 1 aliphatic rings. The van der Waals surface area contributed by atoms with Crippen LogP contribution >= 0.6 is 0 Å². The van der Waals surface area contributed by atoms with Gasteiger partial charge in [-0.15, -0.1) is 0 Å². The van der Waals surface area contributed by atoms with Gasteiger partial charge in [-0.05, 0) is 18.2 Å². The molecule has 1 fully saturated rings. The molecule has 1 heterocycles. The predicted molar refractivity (Wildman–Crippen MR) is 72.3 cm³/mol. The average molecular weight is 266 g/mol. The average Bonchev–Trinajstić information content (AvgIpc) is 2.45. The zero-order valence-corrected chi connectivity index (χ0v) is 11.1. The maximum absolute atomic E-state index is 13.9. The van der Waals surface area contributed by atoms with Gasteiger partial charge < -0.3 is 9.64 Å². The Kier molecular flexibility index (Phi) is 4.87. The standard InChI is InChI=1S/C14H19FN2O2/c1-19-9-8-16-4-6-17(7-5-16)14-3-2-12(11-18)10-13(14)15/h2-3,10-11H,4-9H2,1H3. The molecule has 0 saturated carbocycles. The first kappa shape index (κ1) is 14.0. The fourth-order valence-corrected chi connectivity index (χ4v) is 2.29. The second-order valence-electron chi connectivity index (χ2n) is 4.65. The molecule has 0 bridgehead atoms. The number of anilines is 1. The molecule has 1 aromatic carbocycles. The Labute approximate surface area is 112 Å². The Morgan fingerprint density at radius 1 is 1.32 bits per heavy atom. The maximum Gasteiger partial charge on any atom is 0.150 e. The van der Waals surface area contributed by atoms with Crippen LogP contribution in [0, 0.1) is 5.82 Å². The fourth-order valence-electron chi connectivity index (χ4n) is 2.29. The van der Waals surface area contributed by atoms with Gasteiger partial charge in [0.15, 0.2) is 0 Å². The van der Waals surface area contributed by atoms with Crippen LogP contribution in [0.4, 0.5) is 10.1 Å². The van der Waals surface area contributed by atoms with E-state index in [0.29, 0.717) is 17.5 Å². The molecular weight excluding hydrogens is 247 g/mol. The Morgan fingerprint density at radius 3 is 2.63 bits per heavy atom. The quantitative estimate of drug-likeness (QED) is 0.754. The Hall–Kier alpha value is -1.46. The normalized spacial score (nSPS) is 16.6. The van der Waals surface area contributed by atoms with Gasteiger partial charge in [-0.25, -0.2) is 4.39 Å². The molecule has 1 saturated heterocycles. The van der Waals surface area contributed by atoms with Crippen molar-refractivity contribution in [3.63, 3.8) is 0 Å². The summed E-state index contributed by atoms with van der Waals surface area (Å²) in [7, 11) is 1.69. The van der Waals surface area contributed by atoms with Gasteiger partial charge in [0, 0.05) is 45.4 Å². The van der Waals surface area contributed by atoms with Crippen LogP contribution < -0.4 is 4.90 Å². The Morgan fingerprint density at radius 2 is 2.05 bits per heavy atom. The maximum atomic E-state index is 13.9. The predicted octanol–water partition coefficient (Wildman–Crippen LogP) is 1.41. The zero-order chi connectivity index (χ0) is 13.7. The molecule has 0 radical (unpaired) electrons. The molecule has 5 heteroatoms. The molecule has 4 nitrogen and oxygen atoms in total. The molecule has 0 unspecified atom stereocenters. The van der Waals surface area contributed by atoms with E-state index in [2.05, 4.69) is 4.90 Å². The minimum atomic E-state index is -0.324. The van der Waals surface area contributed by atoms with Gasteiger partial charge in [0.05, 0.1) is 12.3 Å². The van der Waals surface area contributed by atoms with E-state index < -0.39 is 0 Å². The SMILES string of the molecule is COCCN1CCN(c2ccc(C=O)cc2F)CC1. The molecular formula is C14H19FN2O2. The van der Waals surface area contributed by atoms with Crippen LogP contribution in [-0.4, -0.2) is 57.6 Å². The number of carbonyl (C=O) groups is 1. The summed E-state index contributed by atoms with van der Waals surface area (Å²) in [5, 5.41) is 0. The third-order valence-corrected chi connectivity index (χ3v) is 3.43. The van der Waals surface area contributed by atoms with Crippen molar-refractivity contribution in [1.82, 2.24) is 4.90 Å². The first-order valence-corrected chi connectivity index (χ1v) is 6.45. The lowest BCUT2D eigenvalue weighted by Crippen LogP contribution is -2.47. The summed E-state index contributed by atoms with van der Waals surface area (Å²) < 4.78 is 18.9. The van der Waals surface area contributed by atoms with Crippen molar-refractivity contribution < 1.29 is 13.9 Å². The highest BCUT2D eigenvalue weighted by molar-refractivity contribution is 5.76. The highest BCUT2D eigenvalue weighted by Gasteiger charge is 2.19. The van der Waals surface area contributed by atoms with E-state index in [1.165, 1.54) is 6.07 Å². The largest absolute Gasteiger partial charge is 0.383 e. The number of methoxy groups -OCH3 is 1. The van der Waals surface area contributed by atoms with E-state index in [9.17, 15) is 9.18 Å². The van der Waals surface area contributed by atoms with Crippen LogP contribution in [0.3, 0.4) is 0 Å². The summed E-state index contributed by atoms with van der Waals surface area (Å²) in [6.45, 7) is 5.03. The third kappa shape index (κ3) is 3.52. The monoisotopic (exact) mass is 266 g/mol. The van der Waals surface area contributed by atoms with Crippen molar-refractivity contribution >= 4 is 12.0 Å². The van der Waals surface area contributed by atoms with Crippen LogP contribution in [-0.2, 0) is 4.74 Å². The molecule has 1 aromatic rings. The summed E-state index contributed by atoms with van der Waals surface area (Å²) in [4.78, 5) is 14.9. The van der Waals surface area contributed by atoms with E-state index in [-0.39, 0.29) is 5.82 Å². The van der Waals surface area contributed by atoms with Crippen LogP contribution in [0.15, 0.2) is 18.2 Å². The number of ether oxygens (including phenoxy) is 1. The van der Waals surface area contributed by atoms with Gasteiger partial charge >= 0.3 is 0 Å². The van der Waals surface area contributed by atoms with Gasteiger partial charge in [-0.3, -0.25) is 9.69 Å². The number of benzene rings is 1. The lowest BCUT2D eigenvalue weighted by molar-refractivity contribution is 0.112. The lowest BCUT2D eigenvalue weighted by Gasteiger charge is -2.36. The van der Waals surface area contributed by atoms with E-state index in [4.69, 9.17) is 4.74 Å². The van der Waals surface area contributed by atoms with E-state index in [1.807, 2.05) is 4.90 Å². The molecule has 19 heavy (non-hydrogen) atoms. The number of carbonyl (C=O) groups excluding carboxylic acids is 1. The Bertz CT molecular complexity index is 431. The van der Waals surface area contributed by atoms with Gasteiger partial charge in [-0.2, -0.15) is 0 Å². The van der Waals surface area contributed by atoms with Crippen molar-refractivity contribution in [3.8, 4) is 0 Å². The number of hydrogen-bond donors (Lipinski definition) is 0. The molecule has 0 spiro atoms. The topological polar surface area (TPSA) is 32.8 Å². The molecule has 2 rings (SSSR count). The van der Waals surface area contributed by atoms with Crippen LogP contribution in [0.1, 0.15) is 10.4 Å². The fraction of sp³-hybridized carbons (Fsp3) is 0.500. The minimum absolute atomic E-state index is 0.324. The summed E-state index contributed by atoms with van der Waals surface area (Å²) in [6, 6.07) is 4.63. The zero-order valence-electron chi connectivity index (χ0n) is 11.1. The molecule has 0 amide bonds. The number of rotatable bonds is 5. The number of aldehydes is 1. The minimum Gasteiger partial charge on any atom is -0.383 e. The molecule has 1 aliphatic heterocycles. The summed E-state index contributed by atoms with van der Waals surface area (Å²) in [5.41, 5.74) is 0.956. The Balaban J connectivity index is 1.95. The molecule has 0 N–H and O–H groups in total. The number of hydrogen-bond acceptors (Lipinski definition) is 4. The van der Waals surface area contributed by atoms with Crippen LogP contribution in [0.5, 0.6) is 0 Å². The first-order chi connectivity index (χ1) is 9.24. The second-order valence-corrected chi connectivity index (χ2v) is 4.65. The molecule has 0 aromatic heterocycles. The number of halogens is 1. The highest BCUT2D eigenvalue weighted by Crippen LogP contribution is 2.21.